The summed E-state index contributed by atoms with van der Waals surface area (Å²) in [6.45, 7) is 6.19. The van der Waals surface area contributed by atoms with E-state index in [4.69, 9.17) is 0 Å². The lowest BCUT2D eigenvalue weighted by atomic mass is 10.2. The smallest absolute Gasteiger partial charge is 0.245 e. The number of aromatic nitrogens is 3. The number of fused-ring (bicyclic) bond motifs is 1. The van der Waals surface area contributed by atoms with Crippen molar-refractivity contribution in [1.82, 2.24) is 19.5 Å². The Kier molecular flexibility index (Phi) is 6.65. The molecule has 5 rings (SSSR count). The second-order valence-corrected chi connectivity index (χ2v) is 11.3. The Morgan fingerprint density at radius 3 is 2.47 bits per heavy atom. The minimum absolute atomic E-state index is 0.286. The summed E-state index contributed by atoms with van der Waals surface area (Å²) in [7, 11) is -3.25. The zero-order chi connectivity index (χ0) is 25.3. The van der Waals surface area contributed by atoms with Crippen LogP contribution in [0.2, 0.25) is 0 Å². The number of rotatable bonds is 7. The standard InChI is InChI=1S/C26H30N6O3S/c1-19(33)18-30-12-14-31(15-13-30)22-5-3-4-21(16-22)28-26-27-17-23-8-11-25(32(23)29-26)20-6-9-24(10-7-20)36(2,34)35/h3-11,16-17,19,33H,12-15,18H2,1-2H3,(H,28,29)/t19-/m1/s1. The molecule has 2 aromatic carbocycles. The molecule has 2 N–H and O–H groups in total. The first-order valence-electron chi connectivity index (χ1n) is 11.9. The molecular formula is C26H30N6O3S. The molecule has 0 radical (unpaired) electrons. The number of nitrogens with one attached hydrogen (secondary N) is 1. The average Bonchev–Trinajstić information content (AvgIpc) is 3.27. The van der Waals surface area contributed by atoms with Crippen LogP contribution in [0.3, 0.4) is 0 Å². The second kappa shape index (κ2) is 9.88. The van der Waals surface area contributed by atoms with Crippen molar-refractivity contribution >= 4 is 32.7 Å². The van der Waals surface area contributed by atoms with Gasteiger partial charge in [0.05, 0.1) is 28.4 Å². The van der Waals surface area contributed by atoms with Crippen molar-refractivity contribution in [1.29, 1.82) is 0 Å². The van der Waals surface area contributed by atoms with E-state index >= 15 is 0 Å². The van der Waals surface area contributed by atoms with E-state index < -0.39 is 9.84 Å². The van der Waals surface area contributed by atoms with Gasteiger partial charge in [0.1, 0.15) is 0 Å². The molecular weight excluding hydrogens is 476 g/mol. The zero-order valence-corrected chi connectivity index (χ0v) is 21.2. The van der Waals surface area contributed by atoms with Crippen molar-refractivity contribution in [3.8, 4) is 11.3 Å². The molecule has 1 atom stereocenters. The molecule has 1 aliphatic rings. The summed E-state index contributed by atoms with van der Waals surface area (Å²) in [5.41, 5.74) is 4.57. The van der Waals surface area contributed by atoms with Crippen LogP contribution in [0, 0.1) is 0 Å². The molecule has 0 spiro atoms. The van der Waals surface area contributed by atoms with Crippen molar-refractivity contribution < 1.29 is 13.5 Å². The van der Waals surface area contributed by atoms with Gasteiger partial charge in [-0.25, -0.2) is 17.9 Å². The van der Waals surface area contributed by atoms with E-state index in [1.54, 1.807) is 35.0 Å². The molecule has 0 aliphatic carbocycles. The number of aliphatic hydroxyl groups is 1. The molecule has 3 heterocycles. The predicted octanol–water partition coefficient (Wildman–Crippen LogP) is 3.05. The third-order valence-electron chi connectivity index (χ3n) is 6.34. The maximum absolute atomic E-state index is 11.8. The molecule has 188 valence electrons. The van der Waals surface area contributed by atoms with Gasteiger partial charge in [0.15, 0.2) is 9.84 Å². The van der Waals surface area contributed by atoms with E-state index in [2.05, 4.69) is 37.3 Å². The molecule has 4 aromatic rings. The highest BCUT2D eigenvalue weighted by Gasteiger charge is 2.18. The Labute approximate surface area is 210 Å². The minimum Gasteiger partial charge on any atom is -0.392 e. The van der Waals surface area contributed by atoms with Crippen LogP contribution in [0.4, 0.5) is 17.3 Å². The van der Waals surface area contributed by atoms with Gasteiger partial charge in [-0.05, 0) is 49.4 Å². The van der Waals surface area contributed by atoms with Crippen LogP contribution in [0.1, 0.15) is 6.92 Å². The van der Waals surface area contributed by atoms with Crippen LogP contribution in [-0.2, 0) is 9.84 Å². The van der Waals surface area contributed by atoms with Gasteiger partial charge >= 0.3 is 0 Å². The number of β-amino-alcohol motifs (C(OH)–C–C–N with tert-alkyl or cyclic N) is 1. The number of benzene rings is 2. The van der Waals surface area contributed by atoms with E-state index in [1.807, 2.05) is 31.2 Å². The van der Waals surface area contributed by atoms with Gasteiger partial charge in [-0.1, -0.05) is 18.2 Å². The second-order valence-electron chi connectivity index (χ2n) is 9.25. The van der Waals surface area contributed by atoms with Crippen LogP contribution < -0.4 is 10.2 Å². The number of sulfone groups is 1. The van der Waals surface area contributed by atoms with E-state index in [0.29, 0.717) is 12.5 Å². The Morgan fingerprint density at radius 1 is 1.03 bits per heavy atom. The van der Waals surface area contributed by atoms with Crippen LogP contribution in [0.15, 0.2) is 71.8 Å². The maximum atomic E-state index is 11.8. The van der Waals surface area contributed by atoms with Crippen molar-refractivity contribution in [3.05, 3.63) is 66.9 Å². The first-order valence-corrected chi connectivity index (χ1v) is 13.8. The van der Waals surface area contributed by atoms with Crippen LogP contribution in [0.5, 0.6) is 0 Å². The van der Waals surface area contributed by atoms with E-state index in [1.165, 1.54) is 6.26 Å². The lowest BCUT2D eigenvalue weighted by Gasteiger charge is -2.36. The fraction of sp³-hybridized carbons (Fsp3) is 0.308. The Hall–Kier alpha value is -3.47. The normalized spacial score (nSPS) is 15.8. The lowest BCUT2D eigenvalue weighted by Crippen LogP contribution is -2.48. The molecule has 1 aliphatic heterocycles. The fourth-order valence-corrected chi connectivity index (χ4v) is 5.15. The van der Waals surface area contributed by atoms with Crippen LogP contribution in [-0.4, -0.2) is 78.1 Å². The summed E-state index contributed by atoms with van der Waals surface area (Å²) < 4.78 is 25.4. The molecule has 0 unspecified atom stereocenters. The van der Waals surface area contributed by atoms with Crippen molar-refractivity contribution in [3.63, 3.8) is 0 Å². The summed E-state index contributed by atoms with van der Waals surface area (Å²) in [5, 5.41) is 17.6. The third-order valence-corrected chi connectivity index (χ3v) is 7.47. The van der Waals surface area contributed by atoms with Gasteiger partial charge in [-0.2, -0.15) is 0 Å². The molecule has 36 heavy (non-hydrogen) atoms. The molecule has 9 nitrogen and oxygen atoms in total. The molecule has 1 saturated heterocycles. The Balaban J connectivity index is 1.34. The highest BCUT2D eigenvalue weighted by molar-refractivity contribution is 7.90. The first-order chi connectivity index (χ1) is 17.3. The third kappa shape index (κ3) is 5.35. The lowest BCUT2D eigenvalue weighted by molar-refractivity contribution is 0.123. The van der Waals surface area contributed by atoms with Gasteiger partial charge in [0, 0.05) is 55.9 Å². The zero-order valence-electron chi connectivity index (χ0n) is 20.4. The molecule has 0 amide bonds. The highest BCUT2D eigenvalue weighted by atomic mass is 32.2. The topological polar surface area (TPSA) is 103 Å². The average molecular weight is 507 g/mol. The summed E-state index contributed by atoms with van der Waals surface area (Å²) in [6, 6.07) is 18.9. The predicted molar refractivity (Wildman–Crippen MR) is 142 cm³/mol. The number of hydrogen-bond acceptors (Lipinski definition) is 8. The van der Waals surface area contributed by atoms with E-state index in [9.17, 15) is 13.5 Å². The minimum atomic E-state index is -3.25. The number of piperazine rings is 1. The quantitative estimate of drug-likeness (QED) is 0.394. The van der Waals surface area contributed by atoms with Crippen molar-refractivity contribution in [2.75, 3.05) is 49.2 Å². The molecule has 2 aromatic heterocycles. The van der Waals surface area contributed by atoms with Gasteiger partial charge < -0.3 is 15.3 Å². The van der Waals surface area contributed by atoms with Crippen molar-refractivity contribution in [2.45, 2.75) is 17.9 Å². The summed E-state index contributed by atoms with van der Waals surface area (Å²) in [6.07, 6.45) is 2.65. The van der Waals surface area contributed by atoms with E-state index in [-0.39, 0.29) is 11.0 Å². The monoisotopic (exact) mass is 506 g/mol. The Morgan fingerprint density at radius 2 is 1.78 bits per heavy atom. The fourth-order valence-electron chi connectivity index (χ4n) is 4.52. The van der Waals surface area contributed by atoms with Crippen molar-refractivity contribution in [2.24, 2.45) is 0 Å². The number of nitrogens with zero attached hydrogens (tertiary/aromatic N) is 5. The largest absolute Gasteiger partial charge is 0.392 e. The van der Waals surface area contributed by atoms with Gasteiger partial charge in [0.25, 0.3) is 0 Å². The number of aliphatic hydroxyl groups excluding tert-OH is 1. The van der Waals surface area contributed by atoms with Crippen LogP contribution >= 0.6 is 0 Å². The number of hydrogen-bond donors (Lipinski definition) is 2. The van der Waals surface area contributed by atoms with Crippen LogP contribution in [0.25, 0.3) is 16.8 Å². The maximum Gasteiger partial charge on any atom is 0.245 e. The molecule has 0 saturated carbocycles. The summed E-state index contributed by atoms with van der Waals surface area (Å²) >= 11 is 0. The summed E-state index contributed by atoms with van der Waals surface area (Å²) in [4.78, 5) is 9.39. The summed E-state index contributed by atoms with van der Waals surface area (Å²) in [5.74, 6) is 0.464. The van der Waals surface area contributed by atoms with Gasteiger partial charge in [0.2, 0.25) is 5.95 Å². The molecule has 0 bridgehead atoms. The number of anilines is 3. The Bertz CT molecular complexity index is 1460. The highest BCUT2D eigenvalue weighted by Crippen LogP contribution is 2.26. The first kappa shape index (κ1) is 24.2. The van der Waals surface area contributed by atoms with E-state index in [0.717, 1.165) is 54.3 Å². The molecule has 1 fully saturated rings. The van der Waals surface area contributed by atoms with Gasteiger partial charge in [-0.15, -0.1) is 5.10 Å². The van der Waals surface area contributed by atoms with Gasteiger partial charge in [-0.3, -0.25) is 4.90 Å². The SMILES string of the molecule is C[C@@H](O)CN1CCN(c2cccc(Nc3ncc4ccc(-c5ccc(S(C)(=O)=O)cc5)n4n3)c2)CC1. The molecule has 10 heteroatoms.